The number of benzene rings is 1. The van der Waals surface area contributed by atoms with Crippen molar-refractivity contribution in [2.45, 2.75) is 19.4 Å². The third-order valence-corrected chi connectivity index (χ3v) is 2.68. The van der Waals surface area contributed by atoms with Gasteiger partial charge < -0.3 is 14.9 Å². The van der Waals surface area contributed by atoms with Gasteiger partial charge in [-0.2, -0.15) is 0 Å². The minimum absolute atomic E-state index is 0.124. The molecule has 0 aliphatic carbocycles. The first-order valence-electron chi connectivity index (χ1n) is 6.49. The van der Waals surface area contributed by atoms with Gasteiger partial charge >= 0.3 is 11.9 Å². The van der Waals surface area contributed by atoms with E-state index in [1.54, 1.807) is 0 Å². The molecule has 1 heterocycles. The third kappa shape index (κ3) is 1.82. The smallest absolute Gasteiger partial charge is 0.342 e. The number of hydrogen-bond acceptors (Lipinski definition) is 4. The molecule has 2 N–H and O–H groups in total. The van der Waals surface area contributed by atoms with Crippen LogP contribution in [0.4, 0.5) is 0 Å². The number of phenols is 1. The van der Waals surface area contributed by atoms with Crippen LogP contribution in [0.5, 0.6) is 5.75 Å². The molecule has 0 aromatic heterocycles. The minimum Gasteiger partial charge on any atom is -0.506 e. The largest absolute Gasteiger partial charge is 0.506 e. The van der Waals surface area contributed by atoms with E-state index in [0.29, 0.717) is 0 Å². The number of aromatic carboxylic acids is 1. The van der Waals surface area contributed by atoms with Crippen molar-refractivity contribution in [3.05, 3.63) is 27.8 Å². The van der Waals surface area contributed by atoms with Crippen LogP contribution in [0, 0.1) is 0 Å². The average Bonchev–Trinajstić information content (AvgIpc) is 2.31. The molecule has 1 atom stereocenters. The van der Waals surface area contributed by atoms with Gasteiger partial charge in [0.25, 0.3) is 0 Å². The van der Waals surface area contributed by atoms with Gasteiger partial charge in [-0.1, -0.05) is 11.6 Å². The lowest BCUT2D eigenvalue weighted by Gasteiger charge is -2.23. The molecule has 1 aliphatic heterocycles. The van der Waals surface area contributed by atoms with Crippen LogP contribution in [-0.4, -0.2) is 28.2 Å². The first-order chi connectivity index (χ1) is 9.48. The molecule has 0 radical (unpaired) electrons. The van der Waals surface area contributed by atoms with Crippen molar-refractivity contribution in [1.82, 2.24) is 0 Å². The highest BCUT2D eigenvalue weighted by Gasteiger charge is 2.31. The summed E-state index contributed by atoms with van der Waals surface area (Å²) in [5, 5.41) is 18.5. The average molecular weight is 261 g/mol. The molecule has 1 unspecified atom stereocenters. The molecular formula is C11H9ClO5. The number of cyclic esters (lactones) is 1. The molecule has 0 amide bonds. The van der Waals surface area contributed by atoms with E-state index in [1.165, 1.54) is 0 Å². The van der Waals surface area contributed by atoms with E-state index < -0.39 is 48.2 Å². The zero-order valence-corrected chi connectivity index (χ0v) is 9.04. The highest BCUT2D eigenvalue weighted by molar-refractivity contribution is 6.32. The molecule has 2 rings (SSSR count). The van der Waals surface area contributed by atoms with Crippen LogP contribution in [0.3, 0.4) is 0 Å². The number of aromatic hydroxyl groups is 1. The van der Waals surface area contributed by atoms with Crippen LogP contribution in [0.2, 0.25) is 5.02 Å². The Kier molecular flexibility index (Phi) is 1.74. The summed E-state index contributed by atoms with van der Waals surface area (Å²) in [5.41, 5.74) is -1.25. The number of ether oxygens (including phenoxy) is 1. The molecule has 17 heavy (non-hydrogen) atoms. The van der Waals surface area contributed by atoms with E-state index in [1.807, 2.05) is 0 Å². The van der Waals surface area contributed by atoms with E-state index in [2.05, 4.69) is 4.74 Å². The number of fused-ring (bicyclic) bond motifs is 1. The Morgan fingerprint density at radius 3 is 3.06 bits per heavy atom. The second kappa shape index (κ2) is 3.92. The van der Waals surface area contributed by atoms with Crippen molar-refractivity contribution in [3.8, 4) is 5.75 Å². The third-order valence-electron chi connectivity index (χ3n) is 2.34. The van der Waals surface area contributed by atoms with Crippen molar-refractivity contribution < 1.29 is 30.0 Å². The molecule has 5 nitrogen and oxygen atoms in total. The van der Waals surface area contributed by atoms with Gasteiger partial charge in [-0.25, -0.2) is 9.59 Å². The molecule has 1 aromatic carbocycles. The Hall–Kier alpha value is -1.75. The van der Waals surface area contributed by atoms with Gasteiger partial charge in [-0.05, 0) is 18.5 Å². The van der Waals surface area contributed by atoms with E-state index in [4.69, 9.17) is 22.2 Å². The van der Waals surface area contributed by atoms with E-state index in [9.17, 15) is 14.7 Å². The van der Waals surface area contributed by atoms with Crippen LogP contribution in [0.25, 0.3) is 0 Å². The molecule has 0 saturated heterocycles. The zero-order valence-electron chi connectivity index (χ0n) is 12.3. The van der Waals surface area contributed by atoms with E-state index >= 15 is 0 Å². The predicted molar refractivity (Wildman–Crippen MR) is 58.7 cm³/mol. The van der Waals surface area contributed by atoms with Gasteiger partial charge in [0.05, 0.1) is 1.37 Å². The molecule has 0 saturated carbocycles. The van der Waals surface area contributed by atoms with Gasteiger partial charge in [0, 0.05) is 15.6 Å². The first kappa shape index (κ1) is 7.55. The monoisotopic (exact) mass is 260 g/mol. The summed E-state index contributed by atoms with van der Waals surface area (Å²) >= 11 is 5.86. The number of carbonyl (C=O) groups is 2. The van der Waals surface area contributed by atoms with E-state index in [0.717, 1.165) is 6.07 Å². The number of carboxylic acids is 1. The fraction of sp³-hybridized carbons (Fsp3) is 0.273. The summed E-state index contributed by atoms with van der Waals surface area (Å²) in [7, 11) is 0. The van der Waals surface area contributed by atoms with Gasteiger partial charge in [0.1, 0.15) is 23.0 Å². The molecule has 0 spiro atoms. The normalized spacial score (nSPS) is 27.0. The zero-order chi connectivity index (χ0) is 16.2. The van der Waals surface area contributed by atoms with Crippen molar-refractivity contribution >= 4 is 23.5 Å². The Balaban J connectivity index is 2.68. The van der Waals surface area contributed by atoms with Crippen LogP contribution >= 0.6 is 11.6 Å². The van der Waals surface area contributed by atoms with Gasteiger partial charge in [-0.15, -0.1) is 0 Å². The highest BCUT2D eigenvalue weighted by Crippen LogP contribution is 2.36. The summed E-state index contributed by atoms with van der Waals surface area (Å²) in [6.07, 6.45) is -3.13. The number of halogens is 1. The minimum atomic E-state index is -2.93. The summed E-state index contributed by atoms with van der Waals surface area (Å²) in [6, 6.07) is 0.899. The lowest BCUT2D eigenvalue weighted by Crippen LogP contribution is -2.26. The quantitative estimate of drug-likeness (QED) is 0.753. The number of esters is 1. The molecule has 90 valence electrons. The molecule has 0 fully saturated rings. The maximum atomic E-state index is 11.9. The molecule has 0 bridgehead atoms. The second-order valence-electron chi connectivity index (χ2n) is 3.40. The lowest BCUT2D eigenvalue weighted by molar-refractivity contribution is 0.0297. The van der Waals surface area contributed by atoms with Crippen molar-refractivity contribution in [3.63, 3.8) is 0 Å². The van der Waals surface area contributed by atoms with Crippen LogP contribution < -0.4 is 0 Å². The number of carbonyl (C=O) groups excluding carboxylic acids is 1. The lowest BCUT2D eigenvalue weighted by atomic mass is 9.95. The topological polar surface area (TPSA) is 83.8 Å². The van der Waals surface area contributed by atoms with E-state index in [-0.39, 0.29) is 10.6 Å². The van der Waals surface area contributed by atoms with Crippen molar-refractivity contribution in [2.24, 2.45) is 0 Å². The van der Waals surface area contributed by atoms with Crippen molar-refractivity contribution in [1.29, 1.82) is 0 Å². The maximum Gasteiger partial charge on any atom is 0.342 e. The van der Waals surface area contributed by atoms with Crippen molar-refractivity contribution in [2.75, 3.05) is 0 Å². The Bertz CT molecular complexity index is 657. The predicted octanol–water partition coefficient (Wildman–Crippen LogP) is 1.85. The Labute approximate surface area is 107 Å². The molecule has 1 aliphatic rings. The summed E-state index contributed by atoms with van der Waals surface area (Å²) in [4.78, 5) is 22.8. The Morgan fingerprint density at radius 1 is 1.76 bits per heavy atom. The van der Waals surface area contributed by atoms with Crippen LogP contribution in [-0.2, 0) is 11.2 Å². The fourth-order valence-corrected chi connectivity index (χ4v) is 1.86. The van der Waals surface area contributed by atoms with Crippen LogP contribution in [0.1, 0.15) is 38.6 Å². The van der Waals surface area contributed by atoms with Crippen LogP contribution in [0.15, 0.2) is 6.07 Å². The molecule has 6 heteroatoms. The number of carboxylic acid groups (broad SMARTS) is 1. The summed E-state index contributed by atoms with van der Waals surface area (Å²) in [6.45, 7) is -2.93. The van der Waals surface area contributed by atoms with Gasteiger partial charge in [0.15, 0.2) is 0 Å². The highest BCUT2D eigenvalue weighted by atomic mass is 35.5. The van der Waals surface area contributed by atoms with Gasteiger partial charge in [-0.3, -0.25) is 0 Å². The molecular weight excluding hydrogens is 248 g/mol. The first-order valence-corrected chi connectivity index (χ1v) is 4.87. The summed E-state index contributed by atoms with van der Waals surface area (Å²) < 4.78 is 34.1. The van der Waals surface area contributed by atoms with Gasteiger partial charge in [0.2, 0.25) is 0 Å². The fourth-order valence-electron chi connectivity index (χ4n) is 1.59. The number of hydrogen-bond donors (Lipinski definition) is 2. The SMILES string of the molecule is [2H]C([2H])([2H])C1([2H])Cc2c(Cl)cc(C(=O)O)c(O)c2C(=O)O1. The standard InChI is InChI=1S/C11H9ClO5/c1-4-2-5-7(12)3-6(10(14)15)9(13)8(5)11(16)17-4/h3-4,13H,2H2,1H3,(H,14,15)/i1D3,4D. The molecule has 1 aromatic rings. The Morgan fingerprint density at radius 2 is 2.47 bits per heavy atom. The second-order valence-corrected chi connectivity index (χ2v) is 3.81. The number of rotatable bonds is 1. The summed E-state index contributed by atoms with van der Waals surface area (Å²) in [5.74, 6) is -3.67. The maximum absolute atomic E-state index is 11.9.